The Balaban J connectivity index is 1.52. The zero-order valence-electron chi connectivity index (χ0n) is 26.3. The number of anilines is 4. The minimum Gasteiger partial charge on any atom is -0.378 e. The molecule has 0 spiro atoms. The number of unbranched alkanes of at least 4 members (excludes halogenated alkanes) is 1. The van der Waals surface area contributed by atoms with Gasteiger partial charge in [-0.15, -0.1) is 0 Å². The summed E-state index contributed by atoms with van der Waals surface area (Å²) in [6.07, 6.45) is 8.51. The number of carbonyl (C=O) groups excluding carboxylic acids is 2. The number of rotatable bonds is 14. The van der Waals surface area contributed by atoms with E-state index in [0.29, 0.717) is 87.6 Å². The molecule has 0 radical (unpaired) electrons. The van der Waals surface area contributed by atoms with Crippen molar-refractivity contribution in [3.8, 4) is 11.8 Å². The summed E-state index contributed by atoms with van der Waals surface area (Å²) in [5.74, 6) is 6.53. The average Bonchev–Trinajstić information content (AvgIpc) is 3.01. The Morgan fingerprint density at radius 2 is 1.95 bits per heavy atom. The molecule has 3 heterocycles. The van der Waals surface area contributed by atoms with E-state index >= 15 is 0 Å². The van der Waals surface area contributed by atoms with Crippen molar-refractivity contribution in [3.05, 3.63) is 42.0 Å². The first-order valence-electron chi connectivity index (χ1n) is 14.9. The maximum atomic E-state index is 14.8. The van der Waals surface area contributed by atoms with Crippen LogP contribution in [-0.4, -0.2) is 110 Å². The Morgan fingerprint density at radius 3 is 2.66 bits per heavy atom. The lowest BCUT2D eigenvalue weighted by molar-refractivity contribution is -0.135. The molecule has 1 aliphatic rings. The van der Waals surface area contributed by atoms with E-state index in [0.717, 1.165) is 6.42 Å². The third kappa shape index (κ3) is 10.8. The SMILES string of the molecule is CCCNc1nc(Nc2cnc(N3CCOCC3)c(F)c2)ncc1C#CCCCNC(=O)[C@H](C)N(C)C(=O)C=CCN(C)C. The summed E-state index contributed by atoms with van der Waals surface area (Å²) in [7, 11) is 5.45. The van der Waals surface area contributed by atoms with Crippen molar-refractivity contribution >= 4 is 35.1 Å². The van der Waals surface area contributed by atoms with Gasteiger partial charge in [0.1, 0.15) is 11.9 Å². The van der Waals surface area contributed by atoms with Crippen LogP contribution in [0, 0.1) is 17.7 Å². The second-order valence-electron chi connectivity index (χ2n) is 10.6. The summed E-state index contributed by atoms with van der Waals surface area (Å²) in [4.78, 5) is 43.2. The van der Waals surface area contributed by atoms with Crippen LogP contribution in [0.25, 0.3) is 0 Å². The Hall–Kier alpha value is -4.28. The van der Waals surface area contributed by atoms with E-state index in [1.165, 1.54) is 17.0 Å². The molecule has 0 unspecified atom stereocenters. The molecule has 1 atom stereocenters. The van der Waals surface area contributed by atoms with Crippen LogP contribution in [0.2, 0.25) is 0 Å². The molecule has 2 amide bonds. The van der Waals surface area contributed by atoms with E-state index in [-0.39, 0.29) is 11.8 Å². The molecule has 1 saturated heterocycles. The Morgan fingerprint density at radius 1 is 1.18 bits per heavy atom. The summed E-state index contributed by atoms with van der Waals surface area (Å²) in [5.41, 5.74) is 1.07. The number of carbonyl (C=O) groups is 2. The van der Waals surface area contributed by atoms with E-state index in [2.05, 4.69) is 42.7 Å². The summed E-state index contributed by atoms with van der Waals surface area (Å²) >= 11 is 0. The second-order valence-corrected chi connectivity index (χ2v) is 10.6. The standard InChI is InChI=1S/C31H44FN9O3/c1-6-13-33-28-24(11-8-7-9-14-34-30(43)23(2)40(5)27(42)12-10-15-39(3)4)21-36-31(38-28)37-25-20-26(32)29(35-22-25)41-16-18-44-19-17-41/h10,12,20-23H,6-7,9,13-19H2,1-5H3,(H,34,43)(H2,33,36,37,38)/t23-/m0/s1. The van der Waals surface area contributed by atoms with Gasteiger partial charge in [0.2, 0.25) is 17.8 Å². The van der Waals surface area contributed by atoms with Crippen molar-refractivity contribution in [1.29, 1.82) is 0 Å². The van der Waals surface area contributed by atoms with Crippen molar-refractivity contribution < 1.29 is 18.7 Å². The number of amides is 2. The minimum absolute atomic E-state index is 0.219. The summed E-state index contributed by atoms with van der Waals surface area (Å²) in [6.45, 7) is 7.81. The van der Waals surface area contributed by atoms with Crippen molar-refractivity contribution in [1.82, 2.24) is 30.1 Å². The highest BCUT2D eigenvalue weighted by molar-refractivity contribution is 5.92. The van der Waals surface area contributed by atoms with Gasteiger partial charge < -0.3 is 35.4 Å². The molecule has 2 aromatic rings. The first kappa shape index (κ1) is 34.2. The Kier molecular flexibility index (Phi) is 13.8. The average molecular weight is 610 g/mol. The fourth-order valence-electron chi connectivity index (χ4n) is 4.09. The van der Waals surface area contributed by atoms with Gasteiger partial charge in [-0.3, -0.25) is 9.59 Å². The molecular formula is C31H44FN9O3. The van der Waals surface area contributed by atoms with E-state index in [1.54, 1.807) is 32.4 Å². The number of likely N-dealkylation sites (N-methyl/N-ethyl adjacent to an activating group) is 2. The zero-order chi connectivity index (χ0) is 31.9. The monoisotopic (exact) mass is 609 g/mol. The van der Waals surface area contributed by atoms with Crippen LogP contribution in [0.3, 0.4) is 0 Å². The molecule has 238 valence electrons. The first-order chi connectivity index (χ1) is 21.2. The smallest absolute Gasteiger partial charge is 0.246 e. The fourth-order valence-corrected chi connectivity index (χ4v) is 4.09. The number of hydrogen-bond donors (Lipinski definition) is 3. The predicted molar refractivity (Wildman–Crippen MR) is 170 cm³/mol. The van der Waals surface area contributed by atoms with Crippen LogP contribution in [-0.2, 0) is 14.3 Å². The maximum Gasteiger partial charge on any atom is 0.246 e. The van der Waals surface area contributed by atoms with Crippen LogP contribution >= 0.6 is 0 Å². The van der Waals surface area contributed by atoms with Crippen LogP contribution < -0.4 is 20.9 Å². The first-order valence-corrected chi connectivity index (χ1v) is 14.9. The summed E-state index contributed by atoms with van der Waals surface area (Å²) in [6, 6.07) is 0.788. The van der Waals surface area contributed by atoms with Gasteiger partial charge in [-0.05, 0) is 33.9 Å². The van der Waals surface area contributed by atoms with Gasteiger partial charge >= 0.3 is 0 Å². The maximum absolute atomic E-state index is 14.8. The van der Waals surface area contributed by atoms with Crippen LogP contribution in [0.15, 0.2) is 30.6 Å². The van der Waals surface area contributed by atoms with Gasteiger partial charge in [-0.25, -0.2) is 14.4 Å². The lowest BCUT2D eigenvalue weighted by atomic mass is 10.2. The fraction of sp³-hybridized carbons (Fsp3) is 0.516. The molecule has 0 aromatic carbocycles. The number of nitrogens with one attached hydrogen (secondary N) is 3. The van der Waals surface area contributed by atoms with Crippen LogP contribution in [0.1, 0.15) is 38.7 Å². The van der Waals surface area contributed by atoms with Gasteiger partial charge in [-0.2, -0.15) is 4.98 Å². The number of hydrogen-bond acceptors (Lipinski definition) is 10. The third-order valence-electron chi connectivity index (χ3n) is 6.76. The number of morpholine rings is 1. The van der Waals surface area contributed by atoms with E-state index in [1.807, 2.05) is 30.8 Å². The van der Waals surface area contributed by atoms with E-state index < -0.39 is 11.9 Å². The molecular weight excluding hydrogens is 565 g/mol. The molecule has 12 nitrogen and oxygen atoms in total. The van der Waals surface area contributed by atoms with Gasteiger partial charge in [0.05, 0.1) is 36.9 Å². The number of ether oxygens (including phenoxy) is 1. The largest absolute Gasteiger partial charge is 0.378 e. The molecule has 3 rings (SSSR count). The number of nitrogens with zero attached hydrogens (tertiary/aromatic N) is 6. The quantitative estimate of drug-likeness (QED) is 0.167. The van der Waals surface area contributed by atoms with E-state index in [9.17, 15) is 14.0 Å². The Labute approximate surface area is 259 Å². The number of aromatic nitrogens is 3. The second kappa shape index (κ2) is 17.7. The molecule has 44 heavy (non-hydrogen) atoms. The molecule has 3 N–H and O–H groups in total. The third-order valence-corrected chi connectivity index (χ3v) is 6.76. The van der Waals surface area contributed by atoms with Crippen molar-refractivity contribution in [2.45, 2.75) is 39.2 Å². The van der Waals surface area contributed by atoms with Crippen molar-refractivity contribution in [3.63, 3.8) is 0 Å². The number of pyridine rings is 1. The molecule has 1 aliphatic heterocycles. The number of halogens is 1. The van der Waals surface area contributed by atoms with Gasteiger partial charge in [0.25, 0.3) is 0 Å². The van der Waals surface area contributed by atoms with Gasteiger partial charge in [0.15, 0.2) is 11.6 Å². The highest BCUT2D eigenvalue weighted by Gasteiger charge is 2.20. The van der Waals surface area contributed by atoms with Crippen LogP contribution in [0.4, 0.5) is 27.7 Å². The minimum atomic E-state index is -0.593. The van der Waals surface area contributed by atoms with Crippen LogP contribution in [0.5, 0.6) is 0 Å². The lowest BCUT2D eigenvalue weighted by Gasteiger charge is -2.28. The van der Waals surface area contributed by atoms with Gasteiger partial charge in [-0.1, -0.05) is 24.8 Å². The molecule has 1 fully saturated rings. The topological polar surface area (TPSA) is 128 Å². The molecule has 0 aliphatic carbocycles. The van der Waals surface area contributed by atoms with Crippen molar-refractivity contribution in [2.75, 3.05) is 82.6 Å². The molecule has 13 heteroatoms. The Bertz CT molecular complexity index is 1340. The lowest BCUT2D eigenvalue weighted by Crippen LogP contribution is -2.45. The summed E-state index contributed by atoms with van der Waals surface area (Å²) < 4.78 is 20.1. The van der Waals surface area contributed by atoms with Crippen molar-refractivity contribution in [2.24, 2.45) is 0 Å². The predicted octanol–water partition coefficient (Wildman–Crippen LogP) is 2.63. The highest BCUT2D eigenvalue weighted by atomic mass is 19.1. The molecule has 2 aromatic heterocycles. The highest BCUT2D eigenvalue weighted by Crippen LogP contribution is 2.23. The zero-order valence-corrected chi connectivity index (χ0v) is 26.3. The summed E-state index contributed by atoms with van der Waals surface area (Å²) in [5, 5.41) is 9.17. The normalized spacial score (nSPS) is 13.8. The van der Waals surface area contributed by atoms with Gasteiger partial charge in [0, 0.05) is 58.3 Å². The molecule has 0 saturated carbocycles. The molecule has 0 bridgehead atoms. The van der Waals surface area contributed by atoms with E-state index in [4.69, 9.17) is 4.74 Å².